The number of hydrogen-bond donors (Lipinski definition) is 0. The predicted molar refractivity (Wildman–Crippen MR) is 123 cm³/mol. The molecule has 168 valence electrons. The summed E-state index contributed by atoms with van der Waals surface area (Å²) < 4.78 is 10.8. The van der Waals surface area contributed by atoms with Gasteiger partial charge in [0.25, 0.3) is 0 Å². The molecule has 2 aromatic rings. The van der Waals surface area contributed by atoms with Gasteiger partial charge in [0.2, 0.25) is 0 Å². The number of hydrogen-bond acceptors (Lipinski definition) is 5. The van der Waals surface area contributed by atoms with Gasteiger partial charge >= 0.3 is 11.9 Å². The molecular formula is C26H35NO4. The van der Waals surface area contributed by atoms with Crippen LogP contribution >= 0.6 is 0 Å². The second-order valence-electron chi connectivity index (χ2n) is 8.84. The van der Waals surface area contributed by atoms with Crippen LogP contribution in [-0.2, 0) is 22.4 Å². The van der Waals surface area contributed by atoms with Gasteiger partial charge in [-0.05, 0) is 48.6 Å². The molecule has 5 nitrogen and oxygen atoms in total. The van der Waals surface area contributed by atoms with E-state index < -0.39 is 11.9 Å². The summed E-state index contributed by atoms with van der Waals surface area (Å²) in [6.07, 6.45) is 0.759. The Kier molecular flexibility index (Phi) is 9.73. The number of nitrogens with zero attached hydrogens (tertiary/aromatic N) is 1. The number of likely N-dealkylation sites (N-methyl/N-ethyl adjacent to an activating group) is 1. The Balaban J connectivity index is 2.11. The molecule has 0 N–H and O–H groups in total. The number of benzene rings is 2. The van der Waals surface area contributed by atoms with E-state index in [1.807, 2.05) is 52.0 Å². The van der Waals surface area contributed by atoms with Gasteiger partial charge in [0.05, 0.1) is 24.3 Å². The summed E-state index contributed by atoms with van der Waals surface area (Å²) >= 11 is 0. The number of esters is 2. The molecule has 0 aromatic heterocycles. The Hall–Kier alpha value is -2.66. The van der Waals surface area contributed by atoms with Crippen LogP contribution in [0, 0.1) is 11.8 Å². The SMILES string of the molecule is CC(C)COC(=O)c1ccc(CCN(C)Cc2ccccc2)cc1C(=O)OCC(C)C. The van der Waals surface area contributed by atoms with Crippen molar-refractivity contribution in [3.8, 4) is 0 Å². The molecule has 0 saturated heterocycles. The molecule has 0 aliphatic rings. The van der Waals surface area contributed by atoms with Gasteiger partial charge in [-0.1, -0.05) is 64.1 Å². The summed E-state index contributed by atoms with van der Waals surface area (Å²) in [4.78, 5) is 27.5. The molecular weight excluding hydrogens is 390 g/mol. The van der Waals surface area contributed by atoms with Crippen LogP contribution in [0.5, 0.6) is 0 Å². The quantitative estimate of drug-likeness (QED) is 0.475. The van der Waals surface area contributed by atoms with Crippen molar-refractivity contribution in [1.29, 1.82) is 0 Å². The molecule has 0 amide bonds. The molecule has 2 rings (SSSR count). The maximum absolute atomic E-state index is 12.7. The minimum absolute atomic E-state index is 0.218. The van der Waals surface area contributed by atoms with Crippen LogP contribution in [0.2, 0.25) is 0 Å². The fraction of sp³-hybridized carbons (Fsp3) is 0.462. The van der Waals surface area contributed by atoms with Crippen molar-refractivity contribution in [2.75, 3.05) is 26.8 Å². The van der Waals surface area contributed by atoms with E-state index in [-0.39, 0.29) is 23.0 Å². The van der Waals surface area contributed by atoms with Gasteiger partial charge in [0.1, 0.15) is 0 Å². The Bertz CT molecular complexity index is 846. The lowest BCUT2D eigenvalue weighted by atomic mass is 10.0. The number of carbonyl (C=O) groups excluding carboxylic acids is 2. The van der Waals surface area contributed by atoms with Crippen LogP contribution in [-0.4, -0.2) is 43.6 Å². The van der Waals surface area contributed by atoms with Crippen LogP contribution in [0.15, 0.2) is 48.5 Å². The highest BCUT2D eigenvalue weighted by molar-refractivity contribution is 6.03. The first-order chi connectivity index (χ1) is 14.8. The molecule has 0 radical (unpaired) electrons. The molecule has 0 bridgehead atoms. The number of carbonyl (C=O) groups is 2. The Morgan fingerprint density at radius 2 is 1.39 bits per heavy atom. The summed E-state index contributed by atoms with van der Waals surface area (Å²) in [7, 11) is 2.07. The normalized spacial score (nSPS) is 11.2. The fourth-order valence-electron chi connectivity index (χ4n) is 3.03. The van der Waals surface area contributed by atoms with Crippen molar-refractivity contribution in [2.45, 2.75) is 40.7 Å². The molecule has 2 aromatic carbocycles. The van der Waals surface area contributed by atoms with E-state index in [1.165, 1.54) is 5.56 Å². The standard InChI is InChI=1S/C26H35NO4/c1-19(2)17-30-25(28)23-12-11-21(15-24(23)26(29)31-18-20(3)4)13-14-27(5)16-22-9-7-6-8-10-22/h6-12,15,19-20H,13-14,16-18H2,1-5H3. The van der Waals surface area contributed by atoms with E-state index in [9.17, 15) is 9.59 Å². The van der Waals surface area contributed by atoms with Gasteiger partial charge in [-0.25, -0.2) is 9.59 Å². The van der Waals surface area contributed by atoms with Crippen molar-refractivity contribution in [1.82, 2.24) is 4.90 Å². The van der Waals surface area contributed by atoms with Gasteiger partial charge in [-0.15, -0.1) is 0 Å². The van der Waals surface area contributed by atoms with Crippen molar-refractivity contribution >= 4 is 11.9 Å². The highest BCUT2D eigenvalue weighted by atomic mass is 16.5. The minimum Gasteiger partial charge on any atom is -0.462 e. The topological polar surface area (TPSA) is 55.8 Å². The lowest BCUT2D eigenvalue weighted by Crippen LogP contribution is -2.21. The molecule has 0 spiro atoms. The minimum atomic E-state index is -0.488. The van der Waals surface area contributed by atoms with Crippen molar-refractivity contribution in [3.63, 3.8) is 0 Å². The van der Waals surface area contributed by atoms with Crippen LogP contribution < -0.4 is 0 Å². The molecule has 0 heterocycles. The van der Waals surface area contributed by atoms with Gasteiger partial charge in [0.15, 0.2) is 0 Å². The van der Waals surface area contributed by atoms with Crippen molar-refractivity contribution in [3.05, 3.63) is 70.8 Å². The molecule has 0 unspecified atom stereocenters. The highest BCUT2D eigenvalue weighted by Crippen LogP contribution is 2.17. The van der Waals surface area contributed by atoms with Crippen LogP contribution in [0.1, 0.15) is 59.5 Å². The van der Waals surface area contributed by atoms with Crippen molar-refractivity contribution < 1.29 is 19.1 Å². The molecule has 0 aliphatic heterocycles. The first-order valence-electron chi connectivity index (χ1n) is 11.0. The fourth-order valence-corrected chi connectivity index (χ4v) is 3.03. The zero-order valence-electron chi connectivity index (χ0n) is 19.4. The highest BCUT2D eigenvalue weighted by Gasteiger charge is 2.21. The average molecular weight is 426 g/mol. The van der Waals surface area contributed by atoms with Crippen molar-refractivity contribution in [2.24, 2.45) is 11.8 Å². The van der Waals surface area contributed by atoms with Gasteiger partial charge in [-0.3, -0.25) is 0 Å². The van der Waals surface area contributed by atoms with Crippen LogP contribution in [0.3, 0.4) is 0 Å². The molecule has 0 aliphatic carbocycles. The Morgan fingerprint density at radius 3 is 1.97 bits per heavy atom. The third kappa shape index (κ3) is 8.54. The Labute approximate surface area is 186 Å². The number of rotatable bonds is 11. The average Bonchev–Trinajstić information content (AvgIpc) is 2.74. The maximum atomic E-state index is 12.7. The van der Waals surface area contributed by atoms with Crippen LogP contribution in [0.4, 0.5) is 0 Å². The number of ether oxygens (including phenoxy) is 2. The third-order valence-electron chi connectivity index (χ3n) is 4.70. The first kappa shape index (κ1) is 24.6. The summed E-state index contributed by atoms with van der Waals surface area (Å²) in [5.74, 6) is -0.530. The van der Waals surface area contributed by atoms with Crippen LogP contribution in [0.25, 0.3) is 0 Å². The zero-order valence-corrected chi connectivity index (χ0v) is 19.4. The van der Waals surface area contributed by atoms with Gasteiger partial charge in [0, 0.05) is 13.1 Å². The summed E-state index contributed by atoms with van der Waals surface area (Å²) in [6, 6.07) is 15.6. The Morgan fingerprint density at radius 1 is 0.806 bits per heavy atom. The second-order valence-corrected chi connectivity index (χ2v) is 8.84. The smallest absolute Gasteiger partial charge is 0.339 e. The molecule has 5 heteroatoms. The van der Waals surface area contributed by atoms with Gasteiger partial charge in [-0.2, -0.15) is 0 Å². The summed E-state index contributed by atoms with van der Waals surface area (Å²) in [5, 5.41) is 0. The summed E-state index contributed by atoms with van der Waals surface area (Å²) in [5.41, 5.74) is 2.77. The van der Waals surface area contributed by atoms with E-state index in [2.05, 4.69) is 24.1 Å². The largest absolute Gasteiger partial charge is 0.462 e. The lowest BCUT2D eigenvalue weighted by Gasteiger charge is -2.17. The second kappa shape index (κ2) is 12.3. The molecule has 0 atom stereocenters. The van der Waals surface area contributed by atoms with Gasteiger partial charge < -0.3 is 14.4 Å². The van der Waals surface area contributed by atoms with E-state index in [4.69, 9.17) is 9.47 Å². The predicted octanol–water partition coefficient (Wildman–Crippen LogP) is 4.99. The van der Waals surface area contributed by atoms with E-state index in [0.29, 0.717) is 13.2 Å². The summed E-state index contributed by atoms with van der Waals surface area (Å²) in [6.45, 7) is 10.2. The zero-order chi connectivity index (χ0) is 22.8. The molecule has 31 heavy (non-hydrogen) atoms. The molecule has 0 fully saturated rings. The lowest BCUT2D eigenvalue weighted by molar-refractivity contribution is 0.0412. The first-order valence-corrected chi connectivity index (χ1v) is 11.0. The monoisotopic (exact) mass is 425 g/mol. The molecule has 0 saturated carbocycles. The van der Waals surface area contributed by atoms with E-state index in [1.54, 1.807) is 12.1 Å². The third-order valence-corrected chi connectivity index (χ3v) is 4.70. The van der Waals surface area contributed by atoms with E-state index in [0.717, 1.165) is 25.1 Å². The van der Waals surface area contributed by atoms with E-state index >= 15 is 0 Å². The maximum Gasteiger partial charge on any atom is 0.339 e.